The van der Waals surface area contributed by atoms with Crippen LogP contribution >= 0.6 is 27.7 Å². The number of rotatable bonds is 7. The second kappa shape index (κ2) is 11.6. The summed E-state index contributed by atoms with van der Waals surface area (Å²) >= 11 is 4.95. The van der Waals surface area contributed by atoms with Gasteiger partial charge in [0, 0.05) is 44.9 Å². The Morgan fingerprint density at radius 2 is 1.93 bits per heavy atom. The van der Waals surface area contributed by atoms with Crippen LogP contribution in [0, 0.1) is 0 Å². The number of amides is 2. The molecule has 1 saturated heterocycles. The molecule has 3 heterocycles. The van der Waals surface area contributed by atoms with Crippen molar-refractivity contribution in [2.45, 2.75) is 57.6 Å². The summed E-state index contributed by atoms with van der Waals surface area (Å²) in [5.41, 5.74) is 5.51. The summed E-state index contributed by atoms with van der Waals surface area (Å²) in [5, 5.41) is 3.48. The van der Waals surface area contributed by atoms with E-state index >= 15 is 0 Å². The number of hydrogen-bond donors (Lipinski definition) is 2. The predicted molar refractivity (Wildman–Crippen MR) is 169 cm³/mol. The molecule has 12 heteroatoms. The minimum Gasteiger partial charge on any atom is -0.484 e. The maximum atomic E-state index is 13.2. The summed E-state index contributed by atoms with van der Waals surface area (Å²) in [6, 6.07) is 11.2. The third kappa shape index (κ3) is 5.84. The number of hydrogen-bond acceptors (Lipinski definition) is 8. The lowest BCUT2D eigenvalue weighted by atomic mass is 9.89. The molecule has 0 radical (unpaired) electrons. The molecular weight excluding hydrogens is 650 g/mol. The van der Waals surface area contributed by atoms with Crippen molar-refractivity contribution in [3.63, 3.8) is 0 Å². The Morgan fingerprint density at radius 1 is 1.14 bits per heavy atom. The van der Waals surface area contributed by atoms with Crippen molar-refractivity contribution in [1.82, 2.24) is 15.2 Å². The van der Waals surface area contributed by atoms with Gasteiger partial charge in [0.05, 0.1) is 0 Å². The third-order valence-electron chi connectivity index (χ3n) is 7.63. The van der Waals surface area contributed by atoms with E-state index in [1.54, 1.807) is 20.8 Å². The van der Waals surface area contributed by atoms with Crippen LogP contribution in [0.4, 0.5) is 0 Å². The van der Waals surface area contributed by atoms with Gasteiger partial charge in [0.25, 0.3) is 11.8 Å². The molecule has 2 aromatic carbocycles. The Hall–Kier alpha value is -3.77. The number of H-pyrrole nitrogens is 1. The number of carbonyl (C=O) groups is 4. The van der Waals surface area contributed by atoms with Crippen molar-refractivity contribution >= 4 is 62.3 Å². The molecule has 1 aliphatic carbocycles. The normalized spacial score (nSPS) is 19.0. The second-order valence-electron chi connectivity index (χ2n) is 12.0. The maximum Gasteiger partial charge on any atom is 0.355 e. The number of aryl methyl sites for hydroxylation is 2. The number of fused-ring (bicyclic) bond motifs is 6. The van der Waals surface area contributed by atoms with E-state index < -0.39 is 40.8 Å². The van der Waals surface area contributed by atoms with Crippen LogP contribution in [-0.2, 0) is 41.5 Å². The van der Waals surface area contributed by atoms with Crippen LogP contribution in [0.1, 0.15) is 38.8 Å². The summed E-state index contributed by atoms with van der Waals surface area (Å²) in [6.07, 6.45) is 1.74. The van der Waals surface area contributed by atoms with Crippen LogP contribution in [0.2, 0.25) is 0 Å². The number of esters is 2. The molecule has 2 unspecified atom stereocenters. The summed E-state index contributed by atoms with van der Waals surface area (Å²) in [6.45, 7) is 6.07. The fourth-order valence-corrected chi connectivity index (χ4v) is 7.43. The molecule has 2 amide bonds. The number of β-lactam (4-membered cyclic amide) rings is 1. The fraction of sp³-hybridized carbons (Fsp3) is 0.375. The standard InChI is InChI=1S/C32H32BrN3O7S/c1-16(37)41-13-18-15-44-30-27(29(39)36(30)28(18)31(40)43-32(2,3)4)35-25(38)14-42-20-7-9-21-17(11-20)5-8-22-23-12-19(33)6-10-24(23)34-26(21)22/h6-7,9-12,27,30,34H,5,8,13-15H2,1-4H3,(H,35,38). The number of ether oxygens (including phenoxy) is 3. The lowest BCUT2D eigenvalue weighted by Gasteiger charge is -2.49. The molecule has 0 bridgehead atoms. The van der Waals surface area contributed by atoms with Crippen molar-refractivity contribution in [2.24, 2.45) is 0 Å². The number of aromatic nitrogens is 1. The zero-order valence-corrected chi connectivity index (χ0v) is 27.1. The number of carbonyl (C=O) groups excluding carboxylic acids is 4. The number of nitrogens with zero attached hydrogens (tertiary/aromatic N) is 1. The first kappa shape index (κ1) is 30.3. The first-order valence-corrected chi connectivity index (χ1v) is 16.1. The first-order valence-electron chi connectivity index (χ1n) is 14.3. The molecule has 2 N–H and O–H groups in total. The lowest BCUT2D eigenvalue weighted by Crippen LogP contribution is -2.71. The fourth-order valence-electron chi connectivity index (χ4n) is 5.74. The Balaban J connectivity index is 1.10. The minimum atomic E-state index is -0.826. The third-order valence-corrected chi connectivity index (χ3v) is 9.47. The molecular formula is C32H32BrN3O7S. The van der Waals surface area contributed by atoms with Crippen molar-refractivity contribution < 1.29 is 33.4 Å². The Bertz CT molecular complexity index is 1740. The van der Waals surface area contributed by atoms with Gasteiger partial charge in [0.2, 0.25) is 0 Å². The van der Waals surface area contributed by atoms with Gasteiger partial charge in [-0.25, -0.2) is 4.79 Å². The number of benzene rings is 2. The second-order valence-corrected chi connectivity index (χ2v) is 14.0. The van der Waals surface area contributed by atoms with Crippen molar-refractivity contribution in [1.29, 1.82) is 0 Å². The van der Waals surface area contributed by atoms with Crippen molar-refractivity contribution in [3.8, 4) is 17.0 Å². The summed E-state index contributed by atoms with van der Waals surface area (Å²) in [5.74, 6) is -1.15. The van der Waals surface area contributed by atoms with Gasteiger partial charge >= 0.3 is 11.9 Å². The van der Waals surface area contributed by atoms with Gasteiger partial charge < -0.3 is 24.5 Å². The van der Waals surface area contributed by atoms with Crippen LogP contribution < -0.4 is 10.1 Å². The first-order chi connectivity index (χ1) is 20.9. The molecule has 2 aliphatic heterocycles. The SMILES string of the molecule is CC(=O)OCC1=C(C(=O)OC(C)(C)C)N2C(=O)C(NC(=O)COc3ccc4c(c3)CCc3c-4[nH]c4ccc(Br)cc34)C2SC1. The monoisotopic (exact) mass is 681 g/mol. The molecule has 3 aliphatic rings. The Kier molecular flexibility index (Phi) is 8.00. The minimum absolute atomic E-state index is 0.0662. The smallest absolute Gasteiger partial charge is 0.355 e. The van der Waals surface area contributed by atoms with E-state index in [1.807, 2.05) is 24.3 Å². The lowest BCUT2D eigenvalue weighted by molar-refractivity contribution is -0.159. The average Bonchev–Trinajstić information content (AvgIpc) is 3.34. The highest BCUT2D eigenvalue weighted by atomic mass is 79.9. The molecule has 0 spiro atoms. The van der Waals surface area contributed by atoms with E-state index in [4.69, 9.17) is 14.2 Å². The van der Waals surface area contributed by atoms with E-state index in [9.17, 15) is 19.2 Å². The van der Waals surface area contributed by atoms with E-state index in [1.165, 1.54) is 34.5 Å². The molecule has 6 rings (SSSR count). The molecule has 1 fully saturated rings. The van der Waals surface area contributed by atoms with E-state index in [2.05, 4.69) is 38.4 Å². The van der Waals surface area contributed by atoms with Gasteiger partial charge in [0.15, 0.2) is 6.61 Å². The summed E-state index contributed by atoms with van der Waals surface area (Å²) in [4.78, 5) is 55.5. The Morgan fingerprint density at radius 3 is 2.68 bits per heavy atom. The van der Waals surface area contributed by atoms with Crippen molar-refractivity contribution in [2.75, 3.05) is 19.0 Å². The van der Waals surface area contributed by atoms with Crippen LogP contribution in [0.15, 0.2) is 52.1 Å². The van der Waals surface area contributed by atoms with Gasteiger partial charge in [-0.15, -0.1) is 11.8 Å². The number of thioether (sulfide) groups is 1. The molecule has 44 heavy (non-hydrogen) atoms. The van der Waals surface area contributed by atoms with Crippen LogP contribution in [0.5, 0.6) is 5.75 Å². The topological polar surface area (TPSA) is 127 Å². The van der Waals surface area contributed by atoms with Crippen LogP contribution in [0.3, 0.4) is 0 Å². The highest BCUT2D eigenvalue weighted by Crippen LogP contribution is 2.42. The molecule has 10 nitrogen and oxygen atoms in total. The molecule has 3 aromatic rings. The van der Waals surface area contributed by atoms with Gasteiger partial charge in [0.1, 0.15) is 35.1 Å². The van der Waals surface area contributed by atoms with Gasteiger partial charge in [-0.3, -0.25) is 19.3 Å². The predicted octanol–water partition coefficient (Wildman–Crippen LogP) is 4.63. The van der Waals surface area contributed by atoms with Crippen molar-refractivity contribution in [3.05, 3.63) is 63.3 Å². The number of aromatic amines is 1. The quantitative estimate of drug-likeness (QED) is 0.273. The number of nitrogens with one attached hydrogen (secondary N) is 2. The summed E-state index contributed by atoms with van der Waals surface area (Å²) in [7, 11) is 0. The van der Waals surface area contributed by atoms with E-state index in [0.717, 1.165) is 39.7 Å². The van der Waals surface area contributed by atoms with E-state index in [0.29, 0.717) is 17.1 Å². The highest BCUT2D eigenvalue weighted by Gasteiger charge is 2.54. The highest BCUT2D eigenvalue weighted by molar-refractivity contribution is 9.10. The zero-order valence-electron chi connectivity index (χ0n) is 24.7. The number of halogens is 1. The maximum absolute atomic E-state index is 13.2. The zero-order chi connectivity index (χ0) is 31.3. The van der Waals surface area contributed by atoms with Crippen LogP contribution in [0.25, 0.3) is 22.2 Å². The molecule has 1 aromatic heterocycles. The summed E-state index contributed by atoms with van der Waals surface area (Å²) < 4.78 is 17.5. The molecule has 2 atom stereocenters. The molecule has 230 valence electrons. The largest absolute Gasteiger partial charge is 0.484 e. The average molecular weight is 683 g/mol. The van der Waals surface area contributed by atoms with E-state index in [-0.39, 0.29) is 18.9 Å². The molecule has 0 saturated carbocycles. The Labute approximate surface area is 267 Å². The van der Waals surface area contributed by atoms with Gasteiger partial charge in [-0.2, -0.15) is 0 Å². The van der Waals surface area contributed by atoms with Gasteiger partial charge in [-0.05, 0) is 81.1 Å². The van der Waals surface area contributed by atoms with Crippen LogP contribution in [-0.4, -0.2) is 69.6 Å². The van der Waals surface area contributed by atoms with Gasteiger partial charge in [-0.1, -0.05) is 15.9 Å².